The maximum absolute atomic E-state index is 13.1. The fourth-order valence-electron chi connectivity index (χ4n) is 2.79. The molecule has 8 nitrogen and oxygen atoms in total. The number of hydrogen-bond donors (Lipinski definition) is 2. The Hall–Kier alpha value is -2.37. The maximum atomic E-state index is 13.1. The number of amides is 2. The van der Waals surface area contributed by atoms with Gasteiger partial charge in [0.15, 0.2) is 5.69 Å². The van der Waals surface area contributed by atoms with Crippen LogP contribution in [-0.4, -0.2) is 31.4 Å². The number of carbonyl (C=O) groups is 2. The van der Waals surface area contributed by atoms with E-state index in [9.17, 15) is 22.8 Å². The van der Waals surface area contributed by atoms with E-state index in [4.69, 9.17) is 5.73 Å². The normalized spacial score (nSPS) is 14.4. The fraction of sp³-hybridized carbons (Fsp3) is 0.467. The number of nitrogens with two attached hydrogens (primary N) is 1. The van der Waals surface area contributed by atoms with Crippen LogP contribution < -0.4 is 11.1 Å². The third-order valence-electron chi connectivity index (χ3n) is 4.16. The van der Waals surface area contributed by atoms with Gasteiger partial charge >= 0.3 is 6.18 Å². The van der Waals surface area contributed by atoms with Crippen molar-refractivity contribution in [2.24, 2.45) is 12.8 Å². The molecule has 3 rings (SSSR count). The summed E-state index contributed by atoms with van der Waals surface area (Å²) in [5.74, 6) is -1.25. The summed E-state index contributed by atoms with van der Waals surface area (Å²) in [6.45, 7) is -0.0293. The van der Waals surface area contributed by atoms with Gasteiger partial charge in [-0.3, -0.25) is 19.0 Å². The van der Waals surface area contributed by atoms with Crippen LogP contribution in [0.25, 0.3) is 0 Å². The third kappa shape index (κ3) is 3.99. The lowest BCUT2D eigenvalue weighted by atomic mass is 10.2. The summed E-state index contributed by atoms with van der Waals surface area (Å²) in [6.07, 6.45) is -1.86. The fourth-order valence-corrected chi connectivity index (χ4v) is 3.63. The second-order valence-electron chi connectivity index (χ2n) is 6.24. The number of carbonyl (C=O) groups excluding carboxylic acids is 2. The quantitative estimate of drug-likeness (QED) is 0.706. The number of alkyl halides is 3. The molecule has 0 aliphatic heterocycles. The molecule has 0 unspecified atom stereocenters. The molecule has 12 heteroatoms. The summed E-state index contributed by atoms with van der Waals surface area (Å²) >= 11 is 3.00. The summed E-state index contributed by atoms with van der Waals surface area (Å²) in [5.41, 5.74) is 4.88. The van der Waals surface area contributed by atoms with E-state index in [1.807, 2.05) is 0 Å². The Morgan fingerprint density at radius 1 is 1.41 bits per heavy atom. The molecule has 1 fully saturated rings. The molecular weight excluding hydrogens is 433 g/mol. The molecule has 2 aromatic rings. The van der Waals surface area contributed by atoms with Gasteiger partial charge in [-0.25, -0.2) is 0 Å². The Kier molecular flexibility index (Phi) is 5.02. The predicted octanol–water partition coefficient (Wildman–Crippen LogP) is 2.40. The molecule has 1 saturated carbocycles. The van der Waals surface area contributed by atoms with Crippen molar-refractivity contribution in [3.8, 4) is 0 Å². The average Bonchev–Trinajstić information content (AvgIpc) is 3.23. The van der Waals surface area contributed by atoms with Crippen LogP contribution in [0.2, 0.25) is 0 Å². The van der Waals surface area contributed by atoms with E-state index in [2.05, 4.69) is 31.4 Å². The molecule has 0 atom stereocenters. The van der Waals surface area contributed by atoms with Crippen LogP contribution in [0.3, 0.4) is 0 Å². The lowest BCUT2D eigenvalue weighted by Crippen LogP contribution is -2.21. The molecule has 1 aliphatic carbocycles. The number of aromatic nitrogens is 4. The van der Waals surface area contributed by atoms with Gasteiger partial charge in [-0.1, -0.05) is 0 Å². The smallest absolute Gasteiger partial charge is 0.364 e. The maximum Gasteiger partial charge on any atom is 0.436 e. The van der Waals surface area contributed by atoms with Gasteiger partial charge < -0.3 is 11.1 Å². The first-order valence-electron chi connectivity index (χ1n) is 8.04. The molecule has 2 aromatic heterocycles. The molecule has 2 amide bonds. The predicted molar refractivity (Wildman–Crippen MR) is 91.9 cm³/mol. The van der Waals surface area contributed by atoms with E-state index in [1.54, 1.807) is 0 Å². The highest BCUT2D eigenvalue weighted by Crippen LogP contribution is 2.47. The minimum Gasteiger partial charge on any atom is -0.364 e. The van der Waals surface area contributed by atoms with Crippen LogP contribution in [0.4, 0.5) is 18.9 Å². The van der Waals surface area contributed by atoms with Crippen molar-refractivity contribution < 1.29 is 22.8 Å². The van der Waals surface area contributed by atoms with Crippen LogP contribution in [0.15, 0.2) is 10.7 Å². The molecule has 2 heterocycles. The first kappa shape index (κ1) is 19.4. The zero-order valence-corrected chi connectivity index (χ0v) is 15.8. The van der Waals surface area contributed by atoms with Gasteiger partial charge in [-0.15, -0.1) is 0 Å². The van der Waals surface area contributed by atoms with E-state index in [0.29, 0.717) is 5.69 Å². The first-order chi connectivity index (χ1) is 12.6. The summed E-state index contributed by atoms with van der Waals surface area (Å²) in [4.78, 5) is 23.6. The molecule has 0 spiro atoms. The van der Waals surface area contributed by atoms with Crippen molar-refractivity contribution in [2.75, 3.05) is 5.32 Å². The van der Waals surface area contributed by atoms with Crippen LogP contribution in [0.1, 0.15) is 47.1 Å². The van der Waals surface area contributed by atoms with Crippen LogP contribution in [0.5, 0.6) is 0 Å². The van der Waals surface area contributed by atoms with Crippen molar-refractivity contribution >= 4 is 33.4 Å². The van der Waals surface area contributed by atoms with Gasteiger partial charge in [0.2, 0.25) is 5.91 Å². The van der Waals surface area contributed by atoms with Gasteiger partial charge in [0.25, 0.3) is 5.91 Å². The summed E-state index contributed by atoms with van der Waals surface area (Å²) in [7, 11) is 1.50. The van der Waals surface area contributed by atoms with E-state index < -0.39 is 23.7 Å². The Labute approximate surface area is 160 Å². The highest BCUT2D eigenvalue weighted by molar-refractivity contribution is 9.10. The standard InChI is InChI=1S/C15H16BrF3N6O2/c1-24-12(14(20)27)8(6-21-24)22-9(26)4-5-25-11(7-2-3-7)10(16)13(23-25)15(17,18)19/h6-7H,2-5H2,1H3,(H2,20,27)(H,22,26). The molecule has 1 aliphatic rings. The Balaban J connectivity index is 1.74. The zero-order valence-electron chi connectivity index (χ0n) is 14.2. The van der Waals surface area contributed by atoms with Gasteiger partial charge in [-0.2, -0.15) is 23.4 Å². The summed E-state index contributed by atoms with van der Waals surface area (Å²) in [6, 6.07) is 0. The van der Waals surface area contributed by atoms with Crippen molar-refractivity contribution in [1.29, 1.82) is 0 Å². The van der Waals surface area contributed by atoms with Crippen molar-refractivity contribution in [3.05, 3.63) is 27.8 Å². The second-order valence-corrected chi connectivity index (χ2v) is 7.03. The minimum atomic E-state index is -4.58. The number of halogens is 4. The number of nitrogens with one attached hydrogen (secondary N) is 1. The second kappa shape index (κ2) is 6.98. The van der Waals surface area contributed by atoms with Gasteiger partial charge in [-0.05, 0) is 28.8 Å². The first-order valence-corrected chi connectivity index (χ1v) is 8.84. The number of primary amides is 1. The Morgan fingerprint density at radius 3 is 2.63 bits per heavy atom. The van der Waals surface area contributed by atoms with E-state index in [-0.39, 0.29) is 34.7 Å². The highest BCUT2D eigenvalue weighted by Gasteiger charge is 2.41. The number of anilines is 1. The molecule has 27 heavy (non-hydrogen) atoms. The van der Waals surface area contributed by atoms with Crippen molar-refractivity contribution in [2.45, 2.75) is 37.9 Å². The lowest BCUT2D eigenvalue weighted by Gasteiger charge is -2.08. The molecular formula is C15H16BrF3N6O2. The number of hydrogen-bond acceptors (Lipinski definition) is 4. The average molecular weight is 449 g/mol. The molecule has 3 N–H and O–H groups in total. The van der Waals surface area contributed by atoms with E-state index in [0.717, 1.165) is 12.8 Å². The SMILES string of the molecule is Cn1ncc(NC(=O)CCn2nc(C(F)(F)F)c(Br)c2C2CC2)c1C(N)=O. The van der Waals surface area contributed by atoms with Crippen LogP contribution >= 0.6 is 15.9 Å². The largest absolute Gasteiger partial charge is 0.436 e. The van der Waals surface area contributed by atoms with E-state index >= 15 is 0 Å². The molecule has 0 bridgehead atoms. The molecule has 0 saturated heterocycles. The van der Waals surface area contributed by atoms with Crippen LogP contribution in [-0.2, 0) is 24.6 Å². The zero-order chi connectivity index (χ0) is 19.9. The number of aryl methyl sites for hydroxylation is 2. The number of nitrogens with zero attached hydrogens (tertiary/aromatic N) is 4. The minimum absolute atomic E-state index is 0.00539. The molecule has 146 valence electrons. The Morgan fingerprint density at radius 2 is 2.07 bits per heavy atom. The van der Waals surface area contributed by atoms with Gasteiger partial charge in [0.05, 0.1) is 28.6 Å². The highest BCUT2D eigenvalue weighted by atomic mass is 79.9. The van der Waals surface area contributed by atoms with Gasteiger partial charge in [0, 0.05) is 19.4 Å². The van der Waals surface area contributed by atoms with Gasteiger partial charge in [0.1, 0.15) is 5.69 Å². The Bertz CT molecular complexity index is 900. The third-order valence-corrected chi connectivity index (χ3v) is 4.94. The number of rotatable bonds is 6. The molecule has 0 aromatic carbocycles. The van der Waals surface area contributed by atoms with Crippen LogP contribution in [0, 0.1) is 0 Å². The lowest BCUT2D eigenvalue weighted by molar-refractivity contribution is -0.142. The van der Waals surface area contributed by atoms with Crippen molar-refractivity contribution in [1.82, 2.24) is 19.6 Å². The van der Waals surface area contributed by atoms with Crippen molar-refractivity contribution in [3.63, 3.8) is 0 Å². The van der Waals surface area contributed by atoms with E-state index in [1.165, 1.54) is 22.6 Å². The monoisotopic (exact) mass is 448 g/mol. The summed E-state index contributed by atoms with van der Waals surface area (Å²) < 4.78 is 41.7. The molecule has 0 radical (unpaired) electrons. The summed E-state index contributed by atoms with van der Waals surface area (Å²) in [5, 5.41) is 10.00. The topological polar surface area (TPSA) is 108 Å².